The first kappa shape index (κ1) is 16.5. The van der Waals surface area contributed by atoms with Crippen LogP contribution in [0.15, 0.2) is 24.3 Å². The van der Waals surface area contributed by atoms with Crippen LogP contribution in [0, 0.1) is 5.92 Å². The van der Waals surface area contributed by atoms with Crippen LogP contribution in [-0.2, 0) is 9.59 Å². The van der Waals surface area contributed by atoms with Crippen LogP contribution in [0.1, 0.15) is 57.1 Å². The lowest BCUT2D eigenvalue weighted by molar-refractivity contribution is -0.146. The number of hydrogen-bond donors (Lipinski definition) is 1. The molecule has 2 rings (SSSR count). The van der Waals surface area contributed by atoms with Crippen molar-refractivity contribution in [1.29, 1.82) is 0 Å². The average molecular weight is 303 g/mol. The number of rotatable bonds is 6. The zero-order valence-corrected chi connectivity index (χ0v) is 13.7. The molecule has 1 aromatic carbocycles. The topological polar surface area (TPSA) is 57.6 Å². The van der Waals surface area contributed by atoms with Gasteiger partial charge >= 0.3 is 5.97 Å². The molecule has 1 N–H and O–H groups in total. The maximum atomic E-state index is 12.5. The number of carbonyl (C=O) groups is 2. The normalized spacial score (nSPS) is 20.3. The summed E-state index contributed by atoms with van der Waals surface area (Å²) in [5.74, 6) is -0.316. The van der Waals surface area contributed by atoms with Gasteiger partial charge in [-0.15, -0.1) is 0 Å². The molecule has 0 heterocycles. The summed E-state index contributed by atoms with van der Waals surface area (Å²) in [5.41, 5.74) is 2.48. The highest BCUT2D eigenvalue weighted by molar-refractivity contribution is 5.86. The van der Waals surface area contributed by atoms with Gasteiger partial charge in [-0.05, 0) is 43.2 Å². The van der Waals surface area contributed by atoms with E-state index in [-0.39, 0.29) is 30.3 Å². The molecule has 22 heavy (non-hydrogen) atoms. The number of carboxylic acid groups (broad SMARTS) is 1. The lowest BCUT2D eigenvalue weighted by Crippen LogP contribution is -2.41. The number of aliphatic carboxylic acids is 1. The predicted octanol–water partition coefficient (Wildman–Crippen LogP) is 3.24. The Hall–Kier alpha value is -1.84. The van der Waals surface area contributed by atoms with Crippen LogP contribution in [-0.4, -0.2) is 34.5 Å². The third-order valence-electron chi connectivity index (χ3n) is 4.35. The minimum absolute atomic E-state index is 0.0321. The van der Waals surface area contributed by atoms with Crippen LogP contribution in [0.3, 0.4) is 0 Å². The molecule has 0 saturated heterocycles. The number of amides is 1. The van der Waals surface area contributed by atoms with Crippen LogP contribution < -0.4 is 0 Å². The fourth-order valence-corrected chi connectivity index (χ4v) is 2.84. The Kier molecular flexibility index (Phi) is 4.89. The third kappa shape index (κ3) is 3.67. The van der Waals surface area contributed by atoms with Crippen LogP contribution >= 0.6 is 0 Å². The Morgan fingerprint density at radius 1 is 1.18 bits per heavy atom. The molecule has 1 amide bonds. The van der Waals surface area contributed by atoms with Crippen molar-refractivity contribution in [3.8, 4) is 0 Å². The Labute approximate surface area is 132 Å². The van der Waals surface area contributed by atoms with Crippen molar-refractivity contribution in [3.63, 3.8) is 0 Å². The molecule has 0 aliphatic heterocycles. The SMILES string of the molecule is CC(C)c1ccc(C2CC2C(=O)N(CC(=O)O)C(C)C)cc1. The maximum Gasteiger partial charge on any atom is 0.323 e. The van der Waals surface area contributed by atoms with Gasteiger partial charge in [-0.25, -0.2) is 0 Å². The second kappa shape index (κ2) is 6.51. The number of carbonyl (C=O) groups excluding carboxylic acids is 1. The number of nitrogens with zero attached hydrogens (tertiary/aromatic N) is 1. The van der Waals surface area contributed by atoms with Crippen LogP contribution in [0.2, 0.25) is 0 Å². The molecule has 4 heteroatoms. The van der Waals surface area contributed by atoms with Crippen molar-refractivity contribution in [1.82, 2.24) is 4.90 Å². The second-order valence-corrected chi connectivity index (χ2v) is 6.72. The molecule has 1 saturated carbocycles. The molecule has 0 spiro atoms. The monoisotopic (exact) mass is 303 g/mol. The molecule has 0 aromatic heterocycles. The highest BCUT2D eigenvalue weighted by atomic mass is 16.4. The van der Waals surface area contributed by atoms with Gasteiger partial charge < -0.3 is 10.0 Å². The molecule has 0 bridgehead atoms. The van der Waals surface area contributed by atoms with Crippen molar-refractivity contribution >= 4 is 11.9 Å². The first-order chi connectivity index (χ1) is 10.3. The molecular formula is C18H25NO3. The zero-order valence-electron chi connectivity index (χ0n) is 13.7. The molecule has 1 aliphatic carbocycles. The van der Waals surface area contributed by atoms with Crippen molar-refractivity contribution in [2.24, 2.45) is 5.92 Å². The standard InChI is InChI=1S/C18H25NO3/c1-11(2)13-5-7-14(8-6-13)15-9-16(15)18(22)19(12(3)4)10-17(20)21/h5-8,11-12,15-16H,9-10H2,1-4H3,(H,20,21). The highest BCUT2D eigenvalue weighted by Gasteiger charge is 2.46. The lowest BCUT2D eigenvalue weighted by Gasteiger charge is -2.25. The Morgan fingerprint density at radius 2 is 1.77 bits per heavy atom. The van der Waals surface area contributed by atoms with Gasteiger partial charge in [0.2, 0.25) is 5.91 Å². The van der Waals surface area contributed by atoms with Gasteiger partial charge in [0, 0.05) is 12.0 Å². The van der Waals surface area contributed by atoms with E-state index in [1.54, 1.807) is 0 Å². The Morgan fingerprint density at radius 3 is 2.23 bits per heavy atom. The van der Waals surface area contributed by atoms with Gasteiger partial charge in [0.1, 0.15) is 6.54 Å². The summed E-state index contributed by atoms with van der Waals surface area (Å²) in [6, 6.07) is 8.36. The fourth-order valence-electron chi connectivity index (χ4n) is 2.84. The summed E-state index contributed by atoms with van der Waals surface area (Å²) in [4.78, 5) is 24.9. The number of carboxylic acids is 1. The molecule has 1 aliphatic rings. The van der Waals surface area contributed by atoms with Crippen LogP contribution in [0.25, 0.3) is 0 Å². The molecule has 2 unspecified atom stereocenters. The van der Waals surface area contributed by atoms with E-state index in [4.69, 9.17) is 5.11 Å². The van der Waals surface area contributed by atoms with E-state index < -0.39 is 5.97 Å². The van der Waals surface area contributed by atoms with Crippen molar-refractivity contribution in [3.05, 3.63) is 35.4 Å². The van der Waals surface area contributed by atoms with Gasteiger partial charge in [0.05, 0.1) is 0 Å². The van der Waals surface area contributed by atoms with E-state index in [1.807, 2.05) is 13.8 Å². The number of hydrogen-bond acceptors (Lipinski definition) is 2. The van der Waals surface area contributed by atoms with Gasteiger partial charge in [0.15, 0.2) is 0 Å². The summed E-state index contributed by atoms with van der Waals surface area (Å²) in [6.45, 7) is 7.81. The molecule has 1 aromatic rings. The van der Waals surface area contributed by atoms with Gasteiger partial charge in [-0.2, -0.15) is 0 Å². The van der Waals surface area contributed by atoms with E-state index in [1.165, 1.54) is 16.0 Å². The van der Waals surface area contributed by atoms with E-state index in [0.717, 1.165) is 6.42 Å². The minimum Gasteiger partial charge on any atom is -0.480 e. The lowest BCUT2D eigenvalue weighted by atomic mass is 10.00. The maximum absolute atomic E-state index is 12.5. The predicted molar refractivity (Wildman–Crippen MR) is 85.9 cm³/mol. The molecule has 4 nitrogen and oxygen atoms in total. The first-order valence-electron chi connectivity index (χ1n) is 7.93. The van der Waals surface area contributed by atoms with E-state index in [9.17, 15) is 9.59 Å². The van der Waals surface area contributed by atoms with Gasteiger partial charge in [-0.3, -0.25) is 9.59 Å². The quantitative estimate of drug-likeness (QED) is 0.877. The highest BCUT2D eigenvalue weighted by Crippen LogP contribution is 2.48. The first-order valence-corrected chi connectivity index (χ1v) is 7.93. The molecule has 2 atom stereocenters. The molecule has 0 radical (unpaired) electrons. The third-order valence-corrected chi connectivity index (χ3v) is 4.35. The summed E-state index contributed by atoms with van der Waals surface area (Å²) < 4.78 is 0. The minimum atomic E-state index is -0.958. The summed E-state index contributed by atoms with van der Waals surface area (Å²) in [7, 11) is 0. The van der Waals surface area contributed by atoms with E-state index in [2.05, 4.69) is 38.1 Å². The Balaban J connectivity index is 2.04. The largest absolute Gasteiger partial charge is 0.480 e. The van der Waals surface area contributed by atoms with Crippen molar-refractivity contribution in [2.45, 2.75) is 52.0 Å². The fraction of sp³-hybridized carbons (Fsp3) is 0.556. The molecule has 120 valence electrons. The van der Waals surface area contributed by atoms with E-state index >= 15 is 0 Å². The van der Waals surface area contributed by atoms with Crippen molar-refractivity contribution < 1.29 is 14.7 Å². The zero-order chi connectivity index (χ0) is 16.4. The Bertz CT molecular complexity index is 548. The summed E-state index contributed by atoms with van der Waals surface area (Å²) in [5, 5.41) is 8.96. The van der Waals surface area contributed by atoms with Crippen molar-refractivity contribution in [2.75, 3.05) is 6.54 Å². The average Bonchev–Trinajstić information content (AvgIpc) is 3.24. The van der Waals surface area contributed by atoms with Gasteiger partial charge in [0.25, 0.3) is 0 Å². The molecular weight excluding hydrogens is 278 g/mol. The number of benzene rings is 1. The van der Waals surface area contributed by atoms with Crippen LogP contribution in [0.5, 0.6) is 0 Å². The smallest absolute Gasteiger partial charge is 0.323 e. The molecule has 1 fully saturated rings. The van der Waals surface area contributed by atoms with Gasteiger partial charge in [-0.1, -0.05) is 38.1 Å². The van der Waals surface area contributed by atoms with E-state index in [0.29, 0.717) is 5.92 Å². The summed E-state index contributed by atoms with van der Waals surface area (Å²) >= 11 is 0. The second-order valence-electron chi connectivity index (χ2n) is 6.72. The summed E-state index contributed by atoms with van der Waals surface area (Å²) in [6.07, 6.45) is 0.822. The van der Waals surface area contributed by atoms with Crippen LogP contribution in [0.4, 0.5) is 0 Å².